The van der Waals surface area contributed by atoms with Gasteiger partial charge in [0.1, 0.15) is 12.1 Å². The quantitative estimate of drug-likeness (QED) is 0.534. The predicted molar refractivity (Wildman–Crippen MR) is 144 cm³/mol. The maximum absolute atomic E-state index is 14.1. The number of hydrogen-bond acceptors (Lipinski definition) is 6. The van der Waals surface area contributed by atoms with Crippen molar-refractivity contribution in [2.75, 3.05) is 52.1 Å². The number of aromatic nitrogens is 2. The molecule has 4 heterocycles. The van der Waals surface area contributed by atoms with Gasteiger partial charge in [-0.1, -0.05) is 12.1 Å². The van der Waals surface area contributed by atoms with Crippen molar-refractivity contribution in [2.45, 2.75) is 39.0 Å². The number of nitrogens with zero attached hydrogens (tertiary/aromatic N) is 5. The molecule has 0 aliphatic carbocycles. The van der Waals surface area contributed by atoms with Gasteiger partial charge in [0.25, 0.3) is 5.91 Å². The van der Waals surface area contributed by atoms with Gasteiger partial charge in [0, 0.05) is 39.3 Å². The Balaban J connectivity index is 1.20. The normalized spacial score (nSPS) is 24.1. The van der Waals surface area contributed by atoms with Crippen LogP contribution in [0.3, 0.4) is 0 Å². The van der Waals surface area contributed by atoms with E-state index in [1.54, 1.807) is 16.4 Å². The minimum atomic E-state index is -3.18. The van der Waals surface area contributed by atoms with Gasteiger partial charge in [-0.15, -0.1) is 0 Å². The molecular formula is C28H38FN5O3S. The topological polar surface area (TPSA) is 86.7 Å². The molecule has 3 saturated heterocycles. The van der Waals surface area contributed by atoms with E-state index in [0.29, 0.717) is 36.4 Å². The second kappa shape index (κ2) is 11.0. The minimum Gasteiger partial charge on any atom is -0.338 e. The summed E-state index contributed by atoms with van der Waals surface area (Å²) in [6.07, 6.45) is 5.27. The van der Waals surface area contributed by atoms with E-state index in [1.807, 2.05) is 24.8 Å². The Morgan fingerprint density at radius 3 is 2.26 bits per heavy atom. The Morgan fingerprint density at radius 2 is 1.68 bits per heavy atom. The van der Waals surface area contributed by atoms with Crippen molar-refractivity contribution in [3.63, 3.8) is 0 Å². The molecule has 5 rings (SSSR count). The van der Waals surface area contributed by atoms with Crippen LogP contribution in [0, 0.1) is 37.4 Å². The zero-order chi connectivity index (χ0) is 27.0. The number of carbonyl (C=O) groups is 1. The molecular weight excluding hydrogens is 505 g/mol. The summed E-state index contributed by atoms with van der Waals surface area (Å²) in [6, 6.07) is 6.91. The molecule has 1 aromatic carbocycles. The first-order chi connectivity index (χ1) is 18.1. The van der Waals surface area contributed by atoms with E-state index in [2.05, 4.69) is 14.9 Å². The van der Waals surface area contributed by atoms with Crippen molar-refractivity contribution in [2.24, 2.45) is 17.8 Å². The van der Waals surface area contributed by atoms with E-state index in [4.69, 9.17) is 0 Å². The molecule has 10 heteroatoms. The zero-order valence-corrected chi connectivity index (χ0v) is 23.3. The van der Waals surface area contributed by atoms with Gasteiger partial charge < -0.3 is 9.80 Å². The highest BCUT2D eigenvalue weighted by molar-refractivity contribution is 7.88. The van der Waals surface area contributed by atoms with Crippen molar-refractivity contribution < 1.29 is 17.6 Å². The minimum absolute atomic E-state index is 0.0353. The summed E-state index contributed by atoms with van der Waals surface area (Å²) in [6.45, 7) is 9.12. The first-order valence-electron chi connectivity index (χ1n) is 13.6. The Bertz CT molecular complexity index is 1250. The van der Waals surface area contributed by atoms with Gasteiger partial charge in [-0.25, -0.2) is 27.1 Å². The number of halogens is 1. The van der Waals surface area contributed by atoms with Crippen LogP contribution in [-0.2, 0) is 10.0 Å². The van der Waals surface area contributed by atoms with Crippen LogP contribution in [0.1, 0.15) is 52.5 Å². The Hall–Kier alpha value is -2.43. The average molecular weight is 544 g/mol. The molecule has 38 heavy (non-hydrogen) atoms. The second-order valence-electron chi connectivity index (χ2n) is 11.4. The predicted octanol–water partition coefficient (Wildman–Crippen LogP) is 3.08. The fourth-order valence-corrected chi connectivity index (χ4v) is 7.72. The number of rotatable bonds is 7. The first-order valence-corrected chi connectivity index (χ1v) is 15.5. The number of fused-ring (bicyclic) bond motifs is 1. The summed E-state index contributed by atoms with van der Waals surface area (Å²) >= 11 is 0. The number of benzene rings is 1. The lowest BCUT2D eigenvalue weighted by Gasteiger charge is -2.36. The van der Waals surface area contributed by atoms with Crippen molar-refractivity contribution in [3.05, 3.63) is 58.9 Å². The molecule has 206 valence electrons. The van der Waals surface area contributed by atoms with E-state index in [9.17, 15) is 17.6 Å². The highest BCUT2D eigenvalue weighted by atomic mass is 32.2. The lowest BCUT2D eigenvalue weighted by atomic mass is 9.78. The Labute approximate surface area is 225 Å². The molecule has 3 fully saturated rings. The maximum Gasteiger partial charge on any atom is 0.257 e. The Kier molecular flexibility index (Phi) is 7.84. The van der Waals surface area contributed by atoms with Crippen molar-refractivity contribution in [3.8, 4) is 0 Å². The molecule has 0 N–H and O–H groups in total. The first kappa shape index (κ1) is 27.1. The molecule has 3 aliphatic rings. The van der Waals surface area contributed by atoms with Gasteiger partial charge in [-0.05, 0) is 81.0 Å². The summed E-state index contributed by atoms with van der Waals surface area (Å²) in [4.78, 5) is 26.1. The number of piperidine rings is 1. The summed E-state index contributed by atoms with van der Waals surface area (Å²) in [5, 5.41) is 0. The molecule has 0 bridgehead atoms. The third-order valence-corrected chi connectivity index (χ3v) is 10.2. The molecule has 1 aromatic heterocycles. The van der Waals surface area contributed by atoms with E-state index in [1.165, 1.54) is 18.6 Å². The molecule has 3 atom stereocenters. The number of likely N-dealkylation sites (tertiary alicyclic amines) is 2. The number of carbonyl (C=O) groups excluding carboxylic acids is 1. The smallest absolute Gasteiger partial charge is 0.257 e. The number of aryl methyl sites for hydroxylation is 2. The van der Waals surface area contributed by atoms with Crippen LogP contribution in [0.2, 0.25) is 0 Å². The SMILES string of the molecule is Cc1ncnc(C)c1C(=O)N1CC2CN(CCC(c3cccc(F)c3)C3CCN(S(C)(=O)=O)CC3)CC2C1. The van der Waals surface area contributed by atoms with Crippen LogP contribution in [0.4, 0.5) is 4.39 Å². The highest BCUT2D eigenvalue weighted by Crippen LogP contribution is 2.38. The van der Waals surface area contributed by atoms with Crippen LogP contribution >= 0.6 is 0 Å². The van der Waals surface area contributed by atoms with Gasteiger partial charge in [0.05, 0.1) is 23.2 Å². The lowest BCUT2D eigenvalue weighted by molar-refractivity contribution is 0.0771. The average Bonchev–Trinajstić information content (AvgIpc) is 3.43. The fraction of sp³-hybridized carbons (Fsp3) is 0.607. The number of sulfonamides is 1. The van der Waals surface area contributed by atoms with Crippen LogP contribution in [0.25, 0.3) is 0 Å². The summed E-state index contributed by atoms with van der Waals surface area (Å²) in [5.74, 6) is 1.23. The van der Waals surface area contributed by atoms with Gasteiger partial charge in [-0.3, -0.25) is 4.79 Å². The van der Waals surface area contributed by atoms with Crippen LogP contribution in [0.5, 0.6) is 0 Å². The standard InChI is InChI=1S/C28H38FN5O3S/c1-19-27(20(2)31-18-30-19)28(35)33-16-23-14-32(15-24(23)17-33)10-9-26(22-5-4-6-25(29)13-22)21-7-11-34(12-8-21)38(3,36)37/h4-6,13,18,21,23-24,26H,7-12,14-17H2,1-3H3. The summed E-state index contributed by atoms with van der Waals surface area (Å²) < 4.78 is 39.7. The molecule has 0 radical (unpaired) electrons. The van der Waals surface area contributed by atoms with Gasteiger partial charge in [0.2, 0.25) is 10.0 Å². The third kappa shape index (κ3) is 5.77. The number of hydrogen-bond donors (Lipinski definition) is 0. The highest BCUT2D eigenvalue weighted by Gasteiger charge is 2.42. The fourth-order valence-electron chi connectivity index (χ4n) is 6.84. The molecule has 8 nitrogen and oxygen atoms in total. The van der Waals surface area contributed by atoms with Gasteiger partial charge >= 0.3 is 0 Å². The molecule has 1 amide bonds. The van der Waals surface area contributed by atoms with Crippen LogP contribution in [-0.4, -0.2) is 90.5 Å². The third-order valence-electron chi connectivity index (χ3n) is 8.86. The molecule has 0 saturated carbocycles. The van der Waals surface area contributed by atoms with Gasteiger partial charge in [0.15, 0.2) is 0 Å². The van der Waals surface area contributed by atoms with E-state index in [-0.39, 0.29) is 17.6 Å². The van der Waals surface area contributed by atoms with Crippen molar-refractivity contribution >= 4 is 15.9 Å². The molecule has 3 unspecified atom stereocenters. The van der Waals surface area contributed by atoms with Crippen molar-refractivity contribution in [1.29, 1.82) is 0 Å². The summed E-state index contributed by atoms with van der Waals surface area (Å²) in [7, 11) is -3.18. The lowest BCUT2D eigenvalue weighted by Crippen LogP contribution is -2.39. The molecule has 2 aromatic rings. The second-order valence-corrected chi connectivity index (χ2v) is 13.3. The van der Waals surface area contributed by atoms with Crippen LogP contribution in [0.15, 0.2) is 30.6 Å². The molecule has 3 aliphatic heterocycles. The monoisotopic (exact) mass is 543 g/mol. The molecule has 0 spiro atoms. The zero-order valence-electron chi connectivity index (χ0n) is 22.5. The number of amides is 1. The van der Waals surface area contributed by atoms with Crippen molar-refractivity contribution in [1.82, 2.24) is 24.1 Å². The van der Waals surface area contributed by atoms with E-state index >= 15 is 0 Å². The van der Waals surface area contributed by atoms with Crippen LogP contribution < -0.4 is 0 Å². The van der Waals surface area contributed by atoms with E-state index in [0.717, 1.165) is 68.9 Å². The van der Waals surface area contributed by atoms with Gasteiger partial charge in [-0.2, -0.15) is 0 Å². The summed E-state index contributed by atoms with van der Waals surface area (Å²) in [5.41, 5.74) is 3.10. The largest absolute Gasteiger partial charge is 0.338 e. The Morgan fingerprint density at radius 1 is 1.05 bits per heavy atom. The van der Waals surface area contributed by atoms with E-state index < -0.39 is 10.0 Å². The maximum atomic E-state index is 14.1.